The van der Waals surface area contributed by atoms with Crippen molar-refractivity contribution in [2.24, 2.45) is 7.05 Å². The Kier molecular flexibility index (Phi) is 3.28. The fraction of sp³-hybridized carbons (Fsp3) is 0.357. The summed E-state index contributed by atoms with van der Waals surface area (Å²) in [5.41, 5.74) is 8.69. The molecule has 0 aliphatic rings. The van der Waals surface area contributed by atoms with Crippen molar-refractivity contribution in [1.29, 1.82) is 0 Å². The van der Waals surface area contributed by atoms with E-state index in [-0.39, 0.29) is 0 Å². The van der Waals surface area contributed by atoms with Crippen molar-refractivity contribution >= 4 is 5.69 Å². The first-order valence-corrected chi connectivity index (χ1v) is 6.05. The summed E-state index contributed by atoms with van der Waals surface area (Å²) in [6.07, 6.45) is 1.73. The summed E-state index contributed by atoms with van der Waals surface area (Å²) in [4.78, 5) is 0. The first-order chi connectivity index (χ1) is 8.47. The molecule has 0 amide bonds. The minimum Gasteiger partial charge on any atom is -0.436 e. The third-order valence-electron chi connectivity index (χ3n) is 2.91. The monoisotopic (exact) mass is 245 g/mol. The van der Waals surface area contributed by atoms with Crippen LogP contribution in [0.3, 0.4) is 0 Å². The zero-order valence-electron chi connectivity index (χ0n) is 11.3. The molecular formula is C14H19N3O. The second-order valence-corrected chi connectivity index (χ2v) is 4.84. The lowest BCUT2D eigenvalue weighted by Crippen LogP contribution is -1.95. The van der Waals surface area contributed by atoms with Crippen LogP contribution in [0.5, 0.6) is 11.6 Å². The number of ether oxygens (including phenoxy) is 1. The summed E-state index contributed by atoms with van der Waals surface area (Å²) in [6, 6.07) is 6.23. The molecule has 2 aromatic rings. The van der Waals surface area contributed by atoms with E-state index >= 15 is 0 Å². The van der Waals surface area contributed by atoms with Crippen molar-refractivity contribution in [2.45, 2.75) is 26.7 Å². The largest absolute Gasteiger partial charge is 0.436 e. The number of hydrogen-bond acceptors (Lipinski definition) is 3. The van der Waals surface area contributed by atoms with E-state index in [1.165, 1.54) is 5.56 Å². The summed E-state index contributed by atoms with van der Waals surface area (Å²) in [5, 5.41) is 4.19. The lowest BCUT2D eigenvalue weighted by molar-refractivity contribution is 0.451. The van der Waals surface area contributed by atoms with Crippen molar-refractivity contribution in [3.8, 4) is 11.6 Å². The van der Waals surface area contributed by atoms with Crippen molar-refractivity contribution in [1.82, 2.24) is 9.78 Å². The van der Waals surface area contributed by atoms with Crippen LogP contribution >= 0.6 is 0 Å². The molecule has 0 aliphatic heterocycles. The Bertz CT molecular complexity index is 558. The van der Waals surface area contributed by atoms with Crippen molar-refractivity contribution < 1.29 is 4.74 Å². The SMILES string of the molecule is Cc1ccc(C(C)C)cc1Oc1nn(C)cc1N. The minimum absolute atomic E-state index is 0.460. The second kappa shape index (κ2) is 4.72. The average Bonchev–Trinajstić information content (AvgIpc) is 2.60. The van der Waals surface area contributed by atoms with Crippen LogP contribution in [0.4, 0.5) is 5.69 Å². The molecule has 0 bridgehead atoms. The Hall–Kier alpha value is -1.97. The van der Waals surface area contributed by atoms with E-state index in [1.54, 1.807) is 10.9 Å². The van der Waals surface area contributed by atoms with Gasteiger partial charge in [-0.2, -0.15) is 0 Å². The summed E-state index contributed by atoms with van der Waals surface area (Å²) in [7, 11) is 1.82. The third kappa shape index (κ3) is 2.47. The maximum absolute atomic E-state index is 5.83. The van der Waals surface area contributed by atoms with E-state index in [0.717, 1.165) is 11.3 Å². The minimum atomic E-state index is 0.460. The Morgan fingerprint density at radius 3 is 2.61 bits per heavy atom. The van der Waals surface area contributed by atoms with Gasteiger partial charge in [-0.1, -0.05) is 26.0 Å². The molecule has 0 fully saturated rings. The Balaban J connectivity index is 2.33. The molecule has 4 nitrogen and oxygen atoms in total. The highest BCUT2D eigenvalue weighted by molar-refractivity contribution is 5.49. The van der Waals surface area contributed by atoms with E-state index in [2.05, 4.69) is 31.1 Å². The molecule has 18 heavy (non-hydrogen) atoms. The Morgan fingerprint density at radius 2 is 2.06 bits per heavy atom. The number of nitrogens with zero attached hydrogens (tertiary/aromatic N) is 2. The van der Waals surface area contributed by atoms with Gasteiger partial charge in [0, 0.05) is 7.05 Å². The van der Waals surface area contributed by atoms with Gasteiger partial charge in [0.1, 0.15) is 11.4 Å². The summed E-state index contributed by atoms with van der Waals surface area (Å²) >= 11 is 0. The van der Waals surface area contributed by atoms with Gasteiger partial charge in [0.05, 0.1) is 6.20 Å². The fourth-order valence-corrected chi connectivity index (χ4v) is 1.76. The van der Waals surface area contributed by atoms with Crippen LogP contribution in [0.1, 0.15) is 30.9 Å². The summed E-state index contributed by atoms with van der Waals surface area (Å²) < 4.78 is 7.44. The van der Waals surface area contributed by atoms with Crippen LogP contribution in [-0.4, -0.2) is 9.78 Å². The molecule has 4 heteroatoms. The smallest absolute Gasteiger partial charge is 0.261 e. The first kappa shape index (κ1) is 12.5. The van der Waals surface area contributed by atoms with Gasteiger partial charge in [-0.25, -0.2) is 0 Å². The predicted octanol–water partition coefficient (Wildman–Crippen LogP) is 3.23. The molecule has 0 saturated carbocycles. The van der Waals surface area contributed by atoms with E-state index < -0.39 is 0 Å². The molecule has 0 unspecified atom stereocenters. The molecule has 96 valence electrons. The quantitative estimate of drug-likeness (QED) is 0.903. The van der Waals surface area contributed by atoms with Crippen LogP contribution < -0.4 is 10.5 Å². The van der Waals surface area contributed by atoms with Gasteiger partial charge in [0.25, 0.3) is 5.88 Å². The number of aryl methyl sites for hydroxylation is 2. The maximum Gasteiger partial charge on any atom is 0.261 e. The standard InChI is InChI=1S/C14H19N3O/c1-9(2)11-6-5-10(3)13(7-11)18-14-12(15)8-17(4)16-14/h5-9H,15H2,1-4H3. The molecule has 1 aromatic heterocycles. The van der Waals surface area contributed by atoms with Gasteiger partial charge < -0.3 is 10.5 Å². The van der Waals surface area contributed by atoms with E-state index in [1.807, 2.05) is 20.0 Å². The lowest BCUT2D eigenvalue weighted by Gasteiger charge is -2.11. The molecule has 0 spiro atoms. The van der Waals surface area contributed by atoms with Gasteiger partial charge in [0.15, 0.2) is 0 Å². The highest BCUT2D eigenvalue weighted by Gasteiger charge is 2.10. The molecule has 0 saturated heterocycles. The van der Waals surface area contributed by atoms with Crippen molar-refractivity contribution in [3.63, 3.8) is 0 Å². The van der Waals surface area contributed by atoms with Crippen LogP contribution in [-0.2, 0) is 7.05 Å². The maximum atomic E-state index is 5.83. The number of benzene rings is 1. The van der Waals surface area contributed by atoms with E-state index in [0.29, 0.717) is 17.5 Å². The zero-order chi connectivity index (χ0) is 13.3. The molecule has 0 atom stereocenters. The molecular weight excluding hydrogens is 226 g/mol. The van der Waals surface area contributed by atoms with E-state index in [9.17, 15) is 0 Å². The van der Waals surface area contributed by atoms with Crippen molar-refractivity contribution in [2.75, 3.05) is 5.73 Å². The molecule has 0 radical (unpaired) electrons. The first-order valence-electron chi connectivity index (χ1n) is 6.05. The Labute approximate surface area is 107 Å². The topological polar surface area (TPSA) is 53.1 Å². The molecule has 0 aliphatic carbocycles. The van der Waals surface area contributed by atoms with Gasteiger partial charge in [0.2, 0.25) is 0 Å². The third-order valence-corrected chi connectivity index (χ3v) is 2.91. The van der Waals surface area contributed by atoms with Crippen LogP contribution in [0.25, 0.3) is 0 Å². The lowest BCUT2D eigenvalue weighted by atomic mass is 10.0. The van der Waals surface area contributed by atoms with Gasteiger partial charge in [-0.05, 0) is 30.0 Å². The zero-order valence-corrected chi connectivity index (χ0v) is 11.3. The predicted molar refractivity (Wildman–Crippen MR) is 73.0 cm³/mol. The normalized spacial score (nSPS) is 10.9. The van der Waals surface area contributed by atoms with Crippen LogP contribution in [0, 0.1) is 6.92 Å². The second-order valence-electron chi connectivity index (χ2n) is 4.84. The fourth-order valence-electron chi connectivity index (χ4n) is 1.76. The Morgan fingerprint density at radius 1 is 1.33 bits per heavy atom. The van der Waals surface area contributed by atoms with E-state index in [4.69, 9.17) is 10.5 Å². The van der Waals surface area contributed by atoms with Gasteiger partial charge >= 0.3 is 0 Å². The van der Waals surface area contributed by atoms with Gasteiger partial charge in [-0.3, -0.25) is 4.68 Å². The molecule has 1 aromatic carbocycles. The summed E-state index contributed by atoms with van der Waals surface area (Å²) in [5.74, 6) is 1.74. The van der Waals surface area contributed by atoms with Crippen LogP contribution in [0.15, 0.2) is 24.4 Å². The molecule has 1 heterocycles. The average molecular weight is 245 g/mol. The number of hydrogen-bond donors (Lipinski definition) is 1. The highest BCUT2D eigenvalue weighted by atomic mass is 16.5. The molecule has 2 rings (SSSR count). The van der Waals surface area contributed by atoms with Crippen LogP contribution in [0.2, 0.25) is 0 Å². The molecule has 2 N–H and O–H groups in total. The highest BCUT2D eigenvalue weighted by Crippen LogP contribution is 2.30. The summed E-state index contributed by atoms with van der Waals surface area (Å²) in [6.45, 7) is 6.33. The number of aromatic nitrogens is 2. The van der Waals surface area contributed by atoms with Gasteiger partial charge in [-0.15, -0.1) is 5.10 Å². The number of rotatable bonds is 3. The number of nitrogen functional groups attached to an aromatic ring is 1. The number of anilines is 1. The van der Waals surface area contributed by atoms with Crippen molar-refractivity contribution in [3.05, 3.63) is 35.5 Å². The number of nitrogens with two attached hydrogens (primary N) is 1.